The van der Waals surface area contributed by atoms with Gasteiger partial charge >= 0.3 is 0 Å². The average molecular weight is 485 g/mol. The standard InChI is InChI=1S/C28H34FO4P/c1-6-33-34(5,30)18-24-13-20(2)27(21(3)14-24)17-23-9-12-28(32-19-31-4)25(16-23)15-22-7-10-26(29)11-8-22/h7-14,16H,6,15,17-19H2,1-5H3. The second-order valence-electron chi connectivity index (χ2n) is 8.77. The number of hydrogen-bond donors (Lipinski definition) is 0. The Hall–Kier alpha value is -2.46. The van der Waals surface area contributed by atoms with Crippen LogP contribution in [0, 0.1) is 19.7 Å². The highest BCUT2D eigenvalue weighted by molar-refractivity contribution is 7.57. The average Bonchev–Trinajstić information content (AvgIpc) is 2.77. The molecule has 3 aromatic rings. The zero-order valence-electron chi connectivity index (χ0n) is 20.7. The molecule has 0 N–H and O–H groups in total. The molecule has 6 heteroatoms. The summed E-state index contributed by atoms with van der Waals surface area (Å²) in [4.78, 5) is 0. The quantitative estimate of drug-likeness (QED) is 0.216. The molecule has 0 aliphatic heterocycles. The van der Waals surface area contributed by atoms with E-state index in [1.165, 1.54) is 28.8 Å². The van der Waals surface area contributed by atoms with Crippen LogP contribution in [0.2, 0.25) is 0 Å². The highest BCUT2D eigenvalue weighted by Crippen LogP contribution is 2.46. The van der Waals surface area contributed by atoms with E-state index in [4.69, 9.17) is 14.0 Å². The van der Waals surface area contributed by atoms with Gasteiger partial charge in [0.2, 0.25) is 7.37 Å². The first-order chi connectivity index (χ1) is 16.2. The van der Waals surface area contributed by atoms with E-state index in [1.807, 2.05) is 13.0 Å². The fourth-order valence-corrected chi connectivity index (χ4v) is 5.76. The molecular weight excluding hydrogens is 450 g/mol. The minimum Gasteiger partial charge on any atom is -0.467 e. The first-order valence-corrected chi connectivity index (χ1v) is 13.7. The molecule has 1 unspecified atom stereocenters. The third-order valence-electron chi connectivity index (χ3n) is 5.77. The third kappa shape index (κ3) is 7.27. The van der Waals surface area contributed by atoms with Gasteiger partial charge in [-0.2, -0.15) is 0 Å². The lowest BCUT2D eigenvalue weighted by molar-refractivity contribution is 0.0505. The lowest BCUT2D eigenvalue weighted by Crippen LogP contribution is -2.04. The molecule has 0 saturated heterocycles. The Morgan fingerprint density at radius 3 is 2.15 bits per heavy atom. The lowest BCUT2D eigenvalue weighted by atomic mass is 9.92. The first kappa shape index (κ1) is 26.2. The van der Waals surface area contributed by atoms with E-state index in [0.29, 0.717) is 19.2 Å². The number of halogens is 1. The van der Waals surface area contributed by atoms with Crippen molar-refractivity contribution in [2.75, 3.05) is 27.2 Å². The summed E-state index contributed by atoms with van der Waals surface area (Å²) >= 11 is 0. The van der Waals surface area contributed by atoms with Crippen LogP contribution < -0.4 is 4.74 Å². The van der Waals surface area contributed by atoms with Gasteiger partial charge in [-0.3, -0.25) is 4.57 Å². The van der Waals surface area contributed by atoms with Crippen molar-refractivity contribution in [1.82, 2.24) is 0 Å². The molecule has 3 rings (SSSR count). The van der Waals surface area contributed by atoms with Crippen LogP contribution >= 0.6 is 7.37 Å². The molecule has 4 nitrogen and oxygen atoms in total. The molecule has 0 aliphatic carbocycles. The van der Waals surface area contributed by atoms with Crippen LogP contribution in [-0.2, 0) is 32.8 Å². The Labute approximate surface area is 202 Å². The molecule has 1 atom stereocenters. The van der Waals surface area contributed by atoms with E-state index >= 15 is 0 Å². The van der Waals surface area contributed by atoms with Crippen LogP contribution in [-0.4, -0.2) is 27.2 Å². The second kappa shape index (κ2) is 11.8. The van der Waals surface area contributed by atoms with E-state index in [9.17, 15) is 8.96 Å². The summed E-state index contributed by atoms with van der Waals surface area (Å²) in [6.45, 7) is 8.38. The Balaban J connectivity index is 1.86. The molecule has 0 heterocycles. The Morgan fingerprint density at radius 1 is 0.882 bits per heavy atom. The molecule has 0 aliphatic rings. The number of benzene rings is 3. The van der Waals surface area contributed by atoms with Crippen molar-refractivity contribution in [3.8, 4) is 5.75 Å². The fraction of sp³-hybridized carbons (Fsp3) is 0.357. The molecule has 0 fully saturated rings. The molecule has 34 heavy (non-hydrogen) atoms. The minimum absolute atomic E-state index is 0.165. The fourth-order valence-electron chi connectivity index (χ4n) is 4.27. The maximum atomic E-state index is 13.3. The van der Waals surface area contributed by atoms with Crippen molar-refractivity contribution in [3.05, 3.63) is 99.4 Å². The van der Waals surface area contributed by atoms with Gasteiger partial charge in [0.05, 0.1) is 6.61 Å². The van der Waals surface area contributed by atoms with Crippen molar-refractivity contribution < 1.29 is 23.0 Å². The van der Waals surface area contributed by atoms with Crippen LogP contribution in [0.25, 0.3) is 0 Å². The normalized spacial score (nSPS) is 13.0. The molecule has 0 bridgehead atoms. The van der Waals surface area contributed by atoms with Crippen LogP contribution in [0.4, 0.5) is 4.39 Å². The van der Waals surface area contributed by atoms with Crippen LogP contribution in [0.5, 0.6) is 5.75 Å². The molecular formula is C28H34FO4P. The van der Waals surface area contributed by atoms with Gasteiger partial charge in [0, 0.05) is 26.4 Å². The maximum absolute atomic E-state index is 13.3. The highest BCUT2D eigenvalue weighted by Gasteiger charge is 2.18. The van der Waals surface area contributed by atoms with Gasteiger partial charge in [-0.15, -0.1) is 0 Å². The highest BCUT2D eigenvalue weighted by atomic mass is 31.2. The molecule has 0 amide bonds. The summed E-state index contributed by atoms with van der Waals surface area (Å²) in [6, 6.07) is 17.0. The maximum Gasteiger partial charge on any atom is 0.204 e. The largest absolute Gasteiger partial charge is 0.467 e. The van der Waals surface area contributed by atoms with Crippen LogP contribution in [0.3, 0.4) is 0 Å². The molecule has 3 aromatic carbocycles. The third-order valence-corrected chi connectivity index (χ3v) is 7.52. The number of methoxy groups -OCH3 is 1. The van der Waals surface area contributed by atoms with Crippen molar-refractivity contribution >= 4 is 7.37 Å². The predicted octanol–water partition coefficient (Wildman–Crippen LogP) is 7.05. The van der Waals surface area contributed by atoms with Gasteiger partial charge in [0.1, 0.15) is 11.6 Å². The monoisotopic (exact) mass is 484 g/mol. The summed E-state index contributed by atoms with van der Waals surface area (Å²) in [5.74, 6) is 0.511. The van der Waals surface area contributed by atoms with Crippen molar-refractivity contribution in [2.24, 2.45) is 0 Å². The lowest BCUT2D eigenvalue weighted by Gasteiger charge is -2.17. The number of rotatable bonds is 11. The summed E-state index contributed by atoms with van der Waals surface area (Å²) < 4.78 is 42.3. The molecule has 0 radical (unpaired) electrons. The van der Waals surface area contributed by atoms with E-state index in [0.717, 1.165) is 34.4 Å². The summed E-state index contributed by atoms with van der Waals surface area (Å²) in [7, 11) is -1.05. The molecule has 0 saturated carbocycles. The molecule has 0 aromatic heterocycles. The summed E-state index contributed by atoms with van der Waals surface area (Å²) in [6.07, 6.45) is 1.84. The Morgan fingerprint density at radius 2 is 1.53 bits per heavy atom. The SMILES string of the molecule is CCOP(C)(=O)Cc1cc(C)c(Cc2ccc(OCOC)c(Cc3ccc(F)cc3)c2)c(C)c1. The van der Waals surface area contributed by atoms with Gasteiger partial charge in [0.25, 0.3) is 0 Å². The van der Waals surface area contributed by atoms with Crippen LogP contribution in [0.15, 0.2) is 54.6 Å². The van der Waals surface area contributed by atoms with E-state index in [2.05, 4.69) is 38.1 Å². The second-order valence-corrected chi connectivity index (χ2v) is 11.4. The Kier molecular flexibility index (Phi) is 9.07. The van der Waals surface area contributed by atoms with E-state index in [-0.39, 0.29) is 12.6 Å². The van der Waals surface area contributed by atoms with Gasteiger partial charge in [-0.25, -0.2) is 4.39 Å². The first-order valence-electron chi connectivity index (χ1n) is 11.5. The van der Waals surface area contributed by atoms with Crippen molar-refractivity contribution in [1.29, 1.82) is 0 Å². The van der Waals surface area contributed by atoms with Crippen molar-refractivity contribution in [2.45, 2.75) is 39.8 Å². The summed E-state index contributed by atoms with van der Waals surface area (Å²) in [5.41, 5.74) is 7.84. The number of aryl methyl sites for hydroxylation is 2. The van der Waals surface area contributed by atoms with Gasteiger partial charge in [0.15, 0.2) is 6.79 Å². The molecule has 0 spiro atoms. The molecule has 182 valence electrons. The van der Waals surface area contributed by atoms with Gasteiger partial charge in [-0.1, -0.05) is 36.4 Å². The Bertz CT molecular complexity index is 1130. The topological polar surface area (TPSA) is 44.8 Å². The smallest absolute Gasteiger partial charge is 0.204 e. The summed E-state index contributed by atoms with van der Waals surface area (Å²) in [5, 5.41) is 0. The zero-order valence-corrected chi connectivity index (χ0v) is 21.6. The number of ether oxygens (including phenoxy) is 2. The van der Waals surface area contributed by atoms with E-state index in [1.54, 1.807) is 25.9 Å². The van der Waals surface area contributed by atoms with Gasteiger partial charge in [-0.05, 0) is 84.3 Å². The minimum atomic E-state index is -2.64. The van der Waals surface area contributed by atoms with E-state index < -0.39 is 7.37 Å². The van der Waals surface area contributed by atoms with Gasteiger partial charge < -0.3 is 14.0 Å². The zero-order chi connectivity index (χ0) is 24.7. The van der Waals surface area contributed by atoms with Crippen molar-refractivity contribution in [3.63, 3.8) is 0 Å². The number of hydrogen-bond acceptors (Lipinski definition) is 4. The predicted molar refractivity (Wildman–Crippen MR) is 136 cm³/mol. The van der Waals surface area contributed by atoms with Crippen LogP contribution in [0.1, 0.15) is 45.9 Å².